The number of anilines is 1. The number of amides is 2. The SMILES string of the molecule is C=C(C)c1ccc(-n2nc3c(c2NC(=O)CS(C)=O)C(=O)N[C@@]2(CCc4cc(OCC(F)(F)F)ccc42)C3)nc1. The highest BCUT2D eigenvalue weighted by Gasteiger charge is 2.47. The van der Waals surface area contributed by atoms with Crippen molar-refractivity contribution in [3.05, 3.63) is 71.1 Å². The van der Waals surface area contributed by atoms with Crippen LogP contribution in [0.1, 0.15) is 46.1 Å². The lowest BCUT2D eigenvalue weighted by atomic mass is 9.82. The van der Waals surface area contributed by atoms with Crippen molar-refractivity contribution in [1.82, 2.24) is 20.1 Å². The first kappa shape index (κ1) is 27.6. The normalized spacial score (nSPS) is 18.6. The van der Waals surface area contributed by atoms with Crippen molar-refractivity contribution < 1.29 is 31.7 Å². The minimum Gasteiger partial charge on any atom is -0.484 e. The summed E-state index contributed by atoms with van der Waals surface area (Å²) in [5.41, 5.74) is 2.94. The van der Waals surface area contributed by atoms with Crippen LogP contribution in [0.5, 0.6) is 5.75 Å². The van der Waals surface area contributed by atoms with Crippen molar-refractivity contribution in [2.45, 2.75) is 37.9 Å². The van der Waals surface area contributed by atoms with Gasteiger partial charge in [0.05, 0.1) is 11.2 Å². The number of rotatable bonds is 7. The van der Waals surface area contributed by atoms with Gasteiger partial charge in [0.2, 0.25) is 5.91 Å². The highest BCUT2D eigenvalue weighted by atomic mass is 32.2. The van der Waals surface area contributed by atoms with E-state index in [0.29, 0.717) is 24.4 Å². The molecule has 0 saturated heterocycles. The van der Waals surface area contributed by atoms with E-state index in [-0.39, 0.29) is 29.3 Å². The number of nitrogens with one attached hydrogen (secondary N) is 2. The Morgan fingerprint density at radius 1 is 1.30 bits per heavy atom. The molecule has 1 aliphatic heterocycles. The molecule has 2 aliphatic rings. The number of aryl methyl sites for hydroxylation is 1. The van der Waals surface area contributed by atoms with Gasteiger partial charge in [0, 0.05) is 29.7 Å². The van der Waals surface area contributed by atoms with E-state index in [1.807, 2.05) is 6.92 Å². The minimum absolute atomic E-state index is 0.0998. The standard InChI is InChI=1S/C27H26F3N5O4S/c1-15(2)17-4-7-21(31-12-17)35-24(32-22(36)13-40(3)38)23-20(34-35)11-26(33-25(23)37)9-8-16-10-18(5-6-19(16)26)39-14-27(28,29)30/h4-7,10,12H,1,8-9,11,13-14H2,2-3H3,(H,32,36)(H,33,37)/t26-,40?/m0/s1. The average molecular weight is 574 g/mol. The van der Waals surface area contributed by atoms with Crippen LogP contribution >= 0.6 is 0 Å². The summed E-state index contributed by atoms with van der Waals surface area (Å²) in [5.74, 6) is -0.712. The fraction of sp³-hybridized carbons (Fsp3) is 0.333. The van der Waals surface area contributed by atoms with Gasteiger partial charge in [-0.25, -0.2) is 4.98 Å². The van der Waals surface area contributed by atoms with E-state index in [2.05, 4.69) is 27.3 Å². The monoisotopic (exact) mass is 573 g/mol. The lowest BCUT2D eigenvalue weighted by Crippen LogP contribution is -2.49. The molecule has 0 bridgehead atoms. The number of nitrogens with zero attached hydrogens (tertiary/aromatic N) is 3. The number of hydrogen-bond acceptors (Lipinski definition) is 6. The number of alkyl halides is 3. The first-order valence-corrected chi connectivity index (χ1v) is 14.1. The largest absolute Gasteiger partial charge is 0.484 e. The van der Waals surface area contributed by atoms with Crippen LogP contribution in [0.4, 0.5) is 19.0 Å². The summed E-state index contributed by atoms with van der Waals surface area (Å²) in [6.45, 7) is 4.35. The molecule has 0 fully saturated rings. The Kier molecular flexibility index (Phi) is 7.02. The second-order valence-electron chi connectivity index (χ2n) is 9.97. The molecule has 13 heteroatoms. The predicted octanol–water partition coefficient (Wildman–Crippen LogP) is 3.69. The number of ether oxygens (including phenoxy) is 1. The summed E-state index contributed by atoms with van der Waals surface area (Å²) in [6, 6.07) is 8.19. The van der Waals surface area contributed by atoms with E-state index >= 15 is 0 Å². The first-order chi connectivity index (χ1) is 18.8. The number of halogens is 3. The molecule has 40 heavy (non-hydrogen) atoms. The highest BCUT2D eigenvalue weighted by Crippen LogP contribution is 2.44. The van der Waals surface area contributed by atoms with Gasteiger partial charge in [-0.2, -0.15) is 23.0 Å². The van der Waals surface area contributed by atoms with Crippen molar-refractivity contribution in [1.29, 1.82) is 0 Å². The zero-order valence-corrected chi connectivity index (χ0v) is 22.5. The molecule has 1 aromatic carbocycles. The molecular weight excluding hydrogens is 547 g/mol. The summed E-state index contributed by atoms with van der Waals surface area (Å²) in [4.78, 5) is 30.6. The summed E-state index contributed by atoms with van der Waals surface area (Å²) in [7, 11) is -1.41. The Morgan fingerprint density at radius 3 is 2.73 bits per heavy atom. The molecule has 0 radical (unpaired) electrons. The van der Waals surface area contributed by atoms with Gasteiger partial charge < -0.3 is 15.4 Å². The molecule has 1 spiro atoms. The van der Waals surface area contributed by atoms with Crippen LogP contribution in [0.25, 0.3) is 11.4 Å². The van der Waals surface area contributed by atoms with E-state index in [0.717, 1.165) is 22.3 Å². The molecule has 5 rings (SSSR count). The maximum absolute atomic E-state index is 13.6. The number of hydrogen-bond donors (Lipinski definition) is 2. The summed E-state index contributed by atoms with van der Waals surface area (Å²) < 4.78 is 55.8. The Morgan fingerprint density at radius 2 is 2.08 bits per heavy atom. The summed E-state index contributed by atoms with van der Waals surface area (Å²) in [5, 5.41) is 10.4. The number of aromatic nitrogens is 3. The van der Waals surface area contributed by atoms with E-state index in [1.54, 1.807) is 30.5 Å². The lowest BCUT2D eigenvalue weighted by Gasteiger charge is -2.35. The minimum atomic E-state index is -4.45. The van der Waals surface area contributed by atoms with Crippen molar-refractivity contribution in [3.63, 3.8) is 0 Å². The molecule has 3 heterocycles. The number of pyridine rings is 1. The van der Waals surface area contributed by atoms with Gasteiger partial charge in [-0.15, -0.1) is 0 Å². The van der Waals surface area contributed by atoms with Crippen molar-refractivity contribution in [2.24, 2.45) is 0 Å². The Labute approximate surface area is 230 Å². The van der Waals surface area contributed by atoms with Crippen LogP contribution in [0.3, 0.4) is 0 Å². The van der Waals surface area contributed by atoms with Crippen LogP contribution in [0.15, 0.2) is 43.1 Å². The summed E-state index contributed by atoms with van der Waals surface area (Å²) >= 11 is 0. The zero-order chi connectivity index (χ0) is 28.8. The third-order valence-electron chi connectivity index (χ3n) is 6.87. The molecule has 3 aromatic rings. The highest BCUT2D eigenvalue weighted by molar-refractivity contribution is 7.85. The quantitative estimate of drug-likeness (QED) is 0.446. The molecule has 1 unspecified atom stereocenters. The fourth-order valence-electron chi connectivity index (χ4n) is 5.13. The van der Waals surface area contributed by atoms with Crippen LogP contribution in [0.2, 0.25) is 0 Å². The number of carbonyl (C=O) groups is 2. The fourth-order valence-corrected chi connectivity index (χ4v) is 5.57. The lowest BCUT2D eigenvalue weighted by molar-refractivity contribution is -0.153. The van der Waals surface area contributed by atoms with Gasteiger partial charge in [-0.1, -0.05) is 12.6 Å². The van der Waals surface area contributed by atoms with Crippen LogP contribution in [-0.2, 0) is 34.0 Å². The average Bonchev–Trinajstić information content (AvgIpc) is 3.40. The van der Waals surface area contributed by atoms with E-state index in [4.69, 9.17) is 4.74 Å². The maximum atomic E-state index is 13.6. The van der Waals surface area contributed by atoms with Gasteiger partial charge >= 0.3 is 6.18 Å². The Bertz CT molecular complexity index is 1550. The van der Waals surface area contributed by atoms with Crippen molar-refractivity contribution in [3.8, 4) is 11.6 Å². The van der Waals surface area contributed by atoms with Crippen molar-refractivity contribution in [2.75, 3.05) is 23.9 Å². The Hall–Kier alpha value is -4.00. The molecular formula is C27H26F3N5O4S. The third kappa shape index (κ3) is 5.37. The molecule has 2 amide bonds. The van der Waals surface area contributed by atoms with Crippen LogP contribution in [-0.4, -0.2) is 55.6 Å². The van der Waals surface area contributed by atoms with E-state index < -0.39 is 40.9 Å². The second kappa shape index (κ2) is 10.2. The number of fused-ring (bicyclic) bond motifs is 3. The molecule has 1 aliphatic carbocycles. The molecule has 2 aromatic heterocycles. The second-order valence-corrected chi connectivity index (χ2v) is 11.4. The van der Waals surface area contributed by atoms with Gasteiger partial charge in [-0.05, 0) is 66.3 Å². The van der Waals surface area contributed by atoms with E-state index in [1.165, 1.54) is 17.0 Å². The third-order valence-corrected chi connectivity index (χ3v) is 7.54. The number of allylic oxidation sites excluding steroid dienone is 1. The first-order valence-electron chi connectivity index (χ1n) is 12.3. The van der Waals surface area contributed by atoms with Gasteiger partial charge in [0.25, 0.3) is 5.91 Å². The molecule has 9 nitrogen and oxygen atoms in total. The molecule has 2 N–H and O–H groups in total. The smallest absolute Gasteiger partial charge is 0.422 e. The van der Waals surface area contributed by atoms with Gasteiger partial charge in [-0.3, -0.25) is 13.8 Å². The molecule has 2 atom stereocenters. The number of benzene rings is 1. The van der Waals surface area contributed by atoms with Gasteiger partial charge in [0.1, 0.15) is 17.1 Å². The topological polar surface area (TPSA) is 115 Å². The Balaban J connectivity index is 1.52. The predicted molar refractivity (Wildman–Crippen MR) is 143 cm³/mol. The van der Waals surface area contributed by atoms with Crippen molar-refractivity contribution >= 4 is 34.0 Å². The molecule has 0 saturated carbocycles. The maximum Gasteiger partial charge on any atom is 0.422 e. The zero-order valence-electron chi connectivity index (χ0n) is 21.7. The number of carbonyl (C=O) groups excluding carboxylic acids is 2. The van der Waals surface area contributed by atoms with Crippen LogP contribution < -0.4 is 15.4 Å². The molecule has 210 valence electrons. The summed E-state index contributed by atoms with van der Waals surface area (Å²) in [6.07, 6.45) is -0.138. The van der Waals surface area contributed by atoms with E-state index in [9.17, 15) is 27.0 Å². The van der Waals surface area contributed by atoms with Crippen LogP contribution in [0, 0.1) is 0 Å². The van der Waals surface area contributed by atoms with Gasteiger partial charge in [0.15, 0.2) is 18.2 Å².